The van der Waals surface area contributed by atoms with Gasteiger partial charge in [0, 0.05) is 11.9 Å². The van der Waals surface area contributed by atoms with Crippen molar-refractivity contribution in [3.8, 4) is 0 Å². The van der Waals surface area contributed by atoms with Crippen LogP contribution in [0.3, 0.4) is 0 Å². The summed E-state index contributed by atoms with van der Waals surface area (Å²) in [5, 5.41) is 2.01. The Hall–Kier alpha value is -2.39. The molecule has 116 valence electrons. The second kappa shape index (κ2) is 7.25. The number of nitrogens with zero attached hydrogens (tertiary/aromatic N) is 1. The lowest BCUT2D eigenvalue weighted by molar-refractivity contribution is -0.130. The standard InChI is InChI=1S/C20H19NOS/c1-21(19(22)15-18-13-8-14-23-18)20(16-9-4-2-5-10-16)17-11-6-3-7-12-17/h2-14,20H,15H2,1H3. The Kier molecular flexibility index (Phi) is 4.89. The van der Waals surface area contributed by atoms with Crippen LogP contribution in [-0.4, -0.2) is 17.9 Å². The van der Waals surface area contributed by atoms with Gasteiger partial charge in [-0.15, -0.1) is 11.3 Å². The Bertz CT molecular complexity index is 698. The van der Waals surface area contributed by atoms with E-state index in [1.165, 1.54) is 0 Å². The highest BCUT2D eigenvalue weighted by Gasteiger charge is 2.23. The highest BCUT2D eigenvalue weighted by molar-refractivity contribution is 7.10. The van der Waals surface area contributed by atoms with Crippen LogP contribution in [0, 0.1) is 0 Å². The Morgan fingerprint density at radius 3 is 1.96 bits per heavy atom. The monoisotopic (exact) mass is 321 g/mol. The van der Waals surface area contributed by atoms with E-state index < -0.39 is 0 Å². The molecule has 0 aliphatic rings. The van der Waals surface area contributed by atoms with Crippen molar-refractivity contribution in [2.45, 2.75) is 12.5 Å². The van der Waals surface area contributed by atoms with Crippen molar-refractivity contribution in [2.75, 3.05) is 7.05 Å². The highest BCUT2D eigenvalue weighted by Crippen LogP contribution is 2.28. The largest absolute Gasteiger partial charge is 0.334 e. The van der Waals surface area contributed by atoms with Gasteiger partial charge in [-0.1, -0.05) is 66.7 Å². The molecule has 1 heterocycles. The first kappa shape index (κ1) is 15.5. The summed E-state index contributed by atoms with van der Waals surface area (Å²) in [5.41, 5.74) is 2.25. The molecule has 3 heteroatoms. The minimum atomic E-state index is -0.0649. The maximum atomic E-state index is 12.7. The van der Waals surface area contributed by atoms with Gasteiger partial charge in [0.25, 0.3) is 0 Å². The third-order valence-electron chi connectivity index (χ3n) is 3.92. The second-order valence-corrected chi connectivity index (χ2v) is 6.52. The molecule has 0 bridgehead atoms. The molecule has 0 radical (unpaired) electrons. The highest BCUT2D eigenvalue weighted by atomic mass is 32.1. The van der Waals surface area contributed by atoms with E-state index in [9.17, 15) is 4.79 Å². The molecule has 2 aromatic carbocycles. The summed E-state index contributed by atoms with van der Waals surface area (Å²) in [5.74, 6) is 0.130. The van der Waals surface area contributed by atoms with E-state index >= 15 is 0 Å². The number of benzene rings is 2. The number of carbonyl (C=O) groups is 1. The lowest BCUT2D eigenvalue weighted by atomic mass is 9.97. The number of carbonyl (C=O) groups excluding carboxylic acids is 1. The van der Waals surface area contributed by atoms with Gasteiger partial charge in [0.05, 0.1) is 12.5 Å². The van der Waals surface area contributed by atoms with Gasteiger partial charge in [0.1, 0.15) is 0 Å². The smallest absolute Gasteiger partial charge is 0.228 e. The van der Waals surface area contributed by atoms with E-state index in [-0.39, 0.29) is 11.9 Å². The average molecular weight is 321 g/mol. The zero-order valence-electron chi connectivity index (χ0n) is 13.1. The number of amides is 1. The van der Waals surface area contributed by atoms with Gasteiger partial charge >= 0.3 is 0 Å². The summed E-state index contributed by atoms with van der Waals surface area (Å²) in [6, 6.07) is 24.3. The Balaban J connectivity index is 1.90. The van der Waals surface area contributed by atoms with Crippen LogP contribution < -0.4 is 0 Å². The van der Waals surface area contributed by atoms with Crippen molar-refractivity contribution in [2.24, 2.45) is 0 Å². The molecule has 1 aromatic heterocycles. The second-order valence-electron chi connectivity index (χ2n) is 5.48. The van der Waals surface area contributed by atoms with Crippen molar-refractivity contribution >= 4 is 17.2 Å². The predicted octanol–water partition coefficient (Wildman–Crippen LogP) is 4.54. The van der Waals surface area contributed by atoms with Gasteiger partial charge in [0.15, 0.2) is 0 Å². The Morgan fingerprint density at radius 2 is 1.48 bits per heavy atom. The number of hydrogen-bond donors (Lipinski definition) is 0. The van der Waals surface area contributed by atoms with Crippen LogP contribution in [0.2, 0.25) is 0 Å². The van der Waals surface area contributed by atoms with E-state index in [2.05, 4.69) is 24.3 Å². The molecule has 0 spiro atoms. The molecule has 0 fully saturated rings. The van der Waals surface area contributed by atoms with Crippen molar-refractivity contribution in [3.63, 3.8) is 0 Å². The zero-order valence-corrected chi connectivity index (χ0v) is 13.9. The predicted molar refractivity (Wildman–Crippen MR) is 95.5 cm³/mol. The van der Waals surface area contributed by atoms with E-state index in [4.69, 9.17) is 0 Å². The van der Waals surface area contributed by atoms with Crippen molar-refractivity contribution in [3.05, 3.63) is 94.2 Å². The first-order valence-corrected chi connectivity index (χ1v) is 8.51. The van der Waals surface area contributed by atoms with Crippen molar-refractivity contribution < 1.29 is 4.79 Å². The quantitative estimate of drug-likeness (QED) is 0.675. The SMILES string of the molecule is CN(C(=O)Cc1cccs1)C(c1ccccc1)c1ccccc1. The summed E-state index contributed by atoms with van der Waals surface area (Å²) in [7, 11) is 1.89. The number of likely N-dealkylation sites (N-methyl/N-ethyl adjacent to an activating group) is 1. The van der Waals surface area contributed by atoms with Crippen molar-refractivity contribution in [1.29, 1.82) is 0 Å². The molecular formula is C20H19NOS. The van der Waals surface area contributed by atoms with Crippen LogP contribution in [0.1, 0.15) is 22.0 Å². The van der Waals surface area contributed by atoms with E-state index in [1.54, 1.807) is 11.3 Å². The first-order valence-electron chi connectivity index (χ1n) is 7.63. The van der Waals surface area contributed by atoms with Crippen LogP contribution in [-0.2, 0) is 11.2 Å². The molecule has 0 atom stereocenters. The molecule has 0 saturated heterocycles. The summed E-state index contributed by atoms with van der Waals surface area (Å²) in [4.78, 5) is 15.7. The minimum Gasteiger partial charge on any atom is -0.334 e. The van der Waals surface area contributed by atoms with Crippen LogP contribution >= 0.6 is 11.3 Å². The molecule has 3 rings (SSSR count). The molecule has 0 unspecified atom stereocenters. The molecule has 0 saturated carbocycles. The Labute approximate surface area is 141 Å². The number of rotatable bonds is 5. The lowest BCUT2D eigenvalue weighted by Crippen LogP contribution is -2.33. The molecule has 23 heavy (non-hydrogen) atoms. The molecule has 0 aliphatic carbocycles. The molecule has 3 aromatic rings. The summed E-state index contributed by atoms with van der Waals surface area (Å²) >= 11 is 1.62. The van der Waals surface area contributed by atoms with Crippen LogP contribution in [0.5, 0.6) is 0 Å². The number of thiophene rings is 1. The van der Waals surface area contributed by atoms with Gasteiger partial charge in [0.2, 0.25) is 5.91 Å². The van der Waals surface area contributed by atoms with Gasteiger partial charge in [-0.3, -0.25) is 4.79 Å². The van der Waals surface area contributed by atoms with Gasteiger partial charge in [-0.25, -0.2) is 0 Å². The normalized spacial score (nSPS) is 10.7. The molecule has 1 amide bonds. The van der Waals surface area contributed by atoms with Gasteiger partial charge < -0.3 is 4.90 Å². The maximum absolute atomic E-state index is 12.7. The van der Waals surface area contributed by atoms with E-state index in [0.717, 1.165) is 16.0 Å². The zero-order chi connectivity index (χ0) is 16.1. The first-order chi connectivity index (χ1) is 11.3. The van der Waals surface area contributed by atoms with Crippen LogP contribution in [0.25, 0.3) is 0 Å². The van der Waals surface area contributed by atoms with E-state index in [1.807, 2.05) is 65.9 Å². The van der Waals surface area contributed by atoms with E-state index in [0.29, 0.717) is 6.42 Å². The molecule has 2 nitrogen and oxygen atoms in total. The third-order valence-corrected chi connectivity index (χ3v) is 4.79. The van der Waals surface area contributed by atoms with Gasteiger partial charge in [-0.05, 0) is 22.6 Å². The lowest BCUT2D eigenvalue weighted by Gasteiger charge is -2.29. The fourth-order valence-electron chi connectivity index (χ4n) is 2.74. The number of hydrogen-bond acceptors (Lipinski definition) is 2. The van der Waals surface area contributed by atoms with Crippen LogP contribution in [0.15, 0.2) is 78.2 Å². The fraction of sp³-hybridized carbons (Fsp3) is 0.150. The fourth-order valence-corrected chi connectivity index (χ4v) is 3.44. The summed E-state index contributed by atoms with van der Waals surface area (Å²) < 4.78 is 0. The summed E-state index contributed by atoms with van der Waals surface area (Å²) in [6.07, 6.45) is 0.449. The minimum absolute atomic E-state index is 0.0649. The average Bonchev–Trinajstić information content (AvgIpc) is 3.10. The summed E-state index contributed by atoms with van der Waals surface area (Å²) in [6.45, 7) is 0. The molecule has 0 aliphatic heterocycles. The molecule has 0 N–H and O–H groups in total. The third kappa shape index (κ3) is 3.69. The Morgan fingerprint density at radius 1 is 0.913 bits per heavy atom. The molecular weight excluding hydrogens is 302 g/mol. The maximum Gasteiger partial charge on any atom is 0.228 e. The topological polar surface area (TPSA) is 20.3 Å². The van der Waals surface area contributed by atoms with Crippen molar-refractivity contribution in [1.82, 2.24) is 4.90 Å². The van der Waals surface area contributed by atoms with Gasteiger partial charge in [-0.2, -0.15) is 0 Å². The van der Waals surface area contributed by atoms with Crippen LogP contribution in [0.4, 0.5) is 0 Å².